The van der Waals surface area contributed by atoms with Crippen molar-refractivity contribution in [1.82, 2.24) is 4.90 Å². The summed E-state index contributed by atoms with van der Waals surface area (Å²) >= 11 is 0. The molecule has 0 N–H and O–H groups in total. The van der Waals surface area contributed by atoms with E-state index in [1.807, 2.05) is 30.3 Å². The number of amides is 1. The molecule has 1 saturated heterocycles. The van der Waals surface area contributed by atoms with Crippen LogP contribution in [0.15, 0.2) is 30.3 Å². The topological polar surface area (TPSA) is 53.3 Å². The fourth-order valence-electron chi connectivity index (χ4n) is 2.48. The van der Waals surface area contributed by atoms with Gasteiger partial charge >= 0.3 is 6.09 Å². The number of carbonyl (C=O) groups excluding carboxylic acids is 1. The summed E-state index contributed by atoms with van der Waals surface area (Å²) in [5.41, 5.74) is 0.972. The van der Waals surface area contributed by atoms with Gasteiger partial charge < -0.3 is 9.64 Å². The maximum Gasteiger partial charge on any atom is 0.410 e. The highest BCUT2D eigenvalue weighted by molar-refractivity contribution is 5.68. The zero-order valence-electron chi connectivity index (χ0n) is 11.1. The Kier molecular flexibility index (Phi) is 4.40. The summed E-state index contributed by atoms with van der Waals surface area (Å²) in [6.07, 6.45) is 0.951. The highest BCUT2D eigenvalue weighted by Gasteiger charge is 2.33. The van der Waals surface area contributed by atoms with Gasteiger partial charge in [-0.05, 0) is 17.9 Å². The Morgan fingerprint density at radius 3 is 2.89 bits per heavy atom. The molecule has 1 unspecified atom stereocenters. The van der Waals surface area contributed by atoms with Crippen LogP contribution in [0.3, 0.4) is 0 Å². The Morgan fingerprint density at radius 1 is 1.47 bits per heavy atom. The zero-order chi connectivity index (χ0) is 13.7. The van der Waals surface area contributed by atoms with Gasteiger partial charge in [0.15, 0.2) is 0 Å². The Labute approximate surface area is 113 Å². The predicted octanol–water partition coefficient (Wildman–Crippen LogP) is 2.95. The molecule has 0 spiro atoms. The van der Waals surface area contributed by atoms with Crippen LogP contribution in [-0.4, -0.2) is 23.6 Å². The Balaban J connectivity index is 1.90. The Morgan fingerprint density at radius 2 is 2.21 bits per heavy atom. The van der Waals surface area contributed by atoms with Gasteiger partial charge in [0.2, 0.25) is 0 Å². The third kappa shape index (κ3) is 3.47. The number of likely N-dealkylation sites (tertiary alicyclic amines) is 1. The first-order valence-corrected chi connectivity index (χ1v) is 6.55. The van der Waals surface area contributed by atoms with Crippen molar-refractivity contribution in [2.24, 2.45) is 5.92 Å². The van der Waals surface area contributed by atoms with Crippen molar-refractivity contribution < 1.29 is 9.53 Å². The van der Waals surface area contributed by atoms with Gasteiger partial charge in [-0.25, -0.2) is 4.79 Å². The van der Waals surface area contributed by atoms with Crippen LogP contribution in [0.4, 0.5) is 4.79 Å². The lowest BCUT2D eigenvalue weighted by atomic mass is 10.1. The van der Waals surface area contributed by atoms with E-state index in [1.54, 1.807) is 4.90 Å². The molecule has 19 heavy (non-hydrogen) atoms. The molecule has 0 bridgehead atoms. The molecule has 1 fully saturated rings. The van der Waals surface area contributed by atoms with Crippen molar-refractivity contribution in [1.29, 1.82) is 5.26 Å². The van der Waals surface area contributed by atoms with E-state index in [0.29, 0.717) is 18.9 Å². The molecule has 0 radical (unpaired) electrons. The fourth-order valence-corrected chi connectivity index (χ4v) is 2.48. The maximum atomic E-state index is 12.0. The van der Waals surface area contributed by atoms with Gasteiger partial charge in [-0.3, -0.25) is 0 Å². The molecule has 4 heteroatoms. The molecule has 1 amide bonds. The fraction of sp³-hybridized carbons (Fsp3) is 0.467. The van der Waals surface area contributed by atoms with Crippen LogP contribution >= 0.6 is 0 Å². The smallest absolute Gasteiger partial charge is 0.410 e. The number of ether oxygens (including phenoxy) is 1. The van der Waals surface area contributed by atoms with Crippen LogP contribution in [0.25, 0.3) is 0 Å². The van der Waals surface area contributed by atoms with E-state index in [0.717, 1.165) is 12.0 Å². The minimum absolute atomic E-state index is 0.00303. The molecule has 2 rings (SSSR count). The summed E-state index contributed by atoms with van der Waals surface area (Å²) in [5.74, 6) is 0.433. The molecular weight excluding hydrogens is 240 g/mol. The summed E-state index contributed by atoms with van der Waals surface area (Å²) in [5, 5.41) is 8.79. The van der Waals surface area contributed by atoms with Crippen molar-refractivity contribution in [2.75, 3.05) is 6.54 Å². The number of carbonyl (C=O) groups is 1. The summed E-state index contributed by atoms with van der Waals surface area (Å²) in [6, 6.07) is 11.7. The second kappa shape index (κ2) is 6.24. The lowest BCUT2D eigenvalue weighted by molar-refractivity contribution is 0.0920. The first-order valence-electron chi connectivity index (χ1n) is 6.55. The SMILES string of the molecule is CC1C[C@@H](CC#N)N(C(=O)OCc2ccccc2)C1. The molecule has 1 aliphatic heterocycles. The van der Waals surface area contributed by atoms with Gasteiger partial charge in [0.05, 0.1) is 12.5 Å². The molecule has 2 atom stereocenters. The summed E-state index contributed by atoms with van der Waals surface area (Å²) < 4.78 is 5.31. The van der Waals surface area contributed by atoms with Crippen molar-refractivity contribution in [3.05, 3.63) is 35.9 Å². The van der Waals surface area contributed by atoms with E-state index < -0.39 is 0 Å². The number of benzene rings is 1. The lowest BCUT2D eigenvalue weighted by Crippen LogP contribution is -2.35. The lowest BCUT2D eigenvalue weighted by Gasteiger charge is -2.22. The van der Waals surface area contributed by atoms with Crippen molar-refractivity contribution in [3.63, 3.8) is 0 Å². The van der Waals surface area contributed by atoms with Gasteiger partial charge in [-0.15, -0.1) is 0 Å². The van der Waals surface area contributed by atoms with Crippen LogP contribution in [-0.2, 0) is 11.3 Å². The zero-order valence-corrected chi connectivity index (χ0v) is 11.1. The molecule has 100 valence electrons. The van der Waals surface area contributed by atoms with E-state index in [1.165, 1.54) is 0 Å². The monoisotopic (exact) mass is 258 g/mol. The minimum Gasteiger partial charge on any atom is -0.445 e. The number of rotatable bonds is 3. The standard InChI is InChI=1S/C15H18N2O2/c1-12-9-14(7-8-16)17(10-12)15(18)19-11-13-5-3-2-4-6-13/h2-6,12,14H,7,9-11H2,1H3/t12?,14-/m1/s1. The molecule has 4 nitrogen and oxygen atoms in total. The Hall–Kier alpha value is -2.02. The van der Waals surface area contributed by atoms with E-state index in [4.69, 9.17) is 10.00 Å². The second-order valence-corrected chi connectivity index (χ2v) is 5.05. The number of hydrogen-bond acceptors (Lipinski definition) is 3. The summed E-state index contributed by atoms with van der Waals surface area (Å²) in [6.45, 7) is 3.05. The normalized spacial score (nSPS) is 22.0. The van der Waals surface area contributed by atoms with E-state index in [9.17, 15) is 4.79 Å². The number of hydrogen-bond donors (Lipinski definition) is 0. The largest absolute Gasteiger partial charge is 0.445 e. The first kappa shape index (κ1) is 13.4. The number of nitrogens with zero attached hydrogens (tertiary/aromatic N) is 2. The molecular formula is C15H18N2O2. The van der Waals surface area contributed by atoms with Gasteiger partial charge in [0.1, 0.15) is 6.61 Å². The summed E-state index contributed by atoms with van der Waals surface area (Å²) in [4.78, 5) is 13.7. The van der Waals surface area contributed by atoms with E-state index >= 15 is 0 Å². The predicted molar refractivity (Wildman–Crippen MR) is 71.1 cm³/mol. The van der Waals surface area contributed by atoms with Crippen LogP contribution in [0.5, 0.6) is 0 Å². The first-order chi connectivity index (χ1) is 9.20. The van der Waals surface area contributed by atoms with Crippen LogP contribution in [0.1, 0.15) is 25.3 Å². The number of nitriles is 1. The van der Waals surface area contributed by atoms with Crippen molar-refractivity contribution in [2.45, 2.75) is 32.4 Å². The Bertz CT molecular complexity index is 467. The molecule has 1 aromatic carbocycles. The third-order valence-corrected chi connectivity index (χ3v) is 3.39. The van der Waals surface area contributed by atoms with Gasteiger partial charge in [-0.2, -0.15) is 5.26 Å². The van der Waals surface area contributed by atoms with E-state index in [2.05, 4.69) is 13.0 Å². The molecule has 1 aliphatic rings. The van der Waals surface area contributed by atoms with Crippen molar-refractivity contribution >= 4 is 6.09 Å². The maximum absolute atomic E-state index is 12.0. The molecule has 0 aliphatic carbocycles. The average molecular weight is 258 g/mol. The highest BCUT2D eigenvalue weighted by atomic mass is 16.6. The van der Waals surface area contributed by atoms with Gasteiger partial charge in [0, 0.05) is 12.6 Å². The molecule has 0 aromatic heterocycles. The van der Waals surface area contributed by atoms with Gasteiger partial charge in [0.25, 0.3) is 0 Å². The second-order valence-electron chi connectivity index (χ2n) is 5.05. The van der Waals surface area contributed by atoms with Crippen LogP contribution in [0.2, 0.25) is 0 Å². The quantitative estimate of drug-likeness (QED) is 0.837. The summed E-state index contributed by atoms with van der Waals surface area (Å²) in [7, 11) is 0. The van der Waals surface area contributed by atoms with E-state index in [-0.39, 0.29) is 18.7 Å². The third-order valence-electron chi connectivity index (χ3n) is 3.39. The molecule has 1 heterocycles. The van der Waals surface area contributed by atoms with Crippen LogP contribution in [0, 0.1) is 17.2 Å². The minimum atomic E-state index is -0.312. The molecule has 1 aromatic rings. The van der Waals surface area contributed by atoms with Crippen LogP contribution < -0.4 is 0 Å². The highest BCUT2D eigenvalue weighted by Crippen LogP contribution is 2.25. The van der Waals surface area contributed by atoms with Crippen molar-refractivity contribution in [3.8, 4) is 6.07 Å². The van der Waals surface area contributed by atoms with Gasteiger partial charge in [-0.1, -0.05) is 37.3 Å². The molecule has 0 saturated carbocycles. The average Bonchev–Trinajstić information content (AvgIpc) is 2.79.